The monoisotopic (exact) mass is 538 g/mol. The number of carbonyl (C=O) groups excluding carboxylic acids is 2. The van der Waals surface area contributed by atoms with E-state index < -0.39 is 17.7 Å². The molecule has 2 aromatic heterocycles. The molecule has 1 N–H and O–H groups in total. The SMILES string of the molecule is CCN(CC)CCN1C(=O)C(=O)/C(=C(/O)c2c(C)nc3ccccn23)C1c1ccc(OCc2ccccc2)cc1. The summed E-state index contributed by atoms with van der Waals surface area (Å²) in [4.78, 5) is 35.2. The summed E-state index contributed by atoms with van der Waals surface area (Å²) >= 11 is 0. The van der Waals surface area contributed by atoms with Crippen molar-refractivity contribution in [1.82, 2.24) is 19.2 Å². The number of rotatable bonds is 10. The molecule has 3 heterocycles. The smallest absolute Gasteiger partial charge is 0.295 e. The average Bonchev–Trinajstić information content (AvgIpc) is 3.45. The largest absolute Gasteiger partial charge is 0.505 e. The third-order valence-corrected chi connectivity index (χ3v) is 7.46. The first-order valence-corrected chi connectivity index (χ1v) is 13.6. The van der Waals surface area contributed by atoms with E-state index in [1.807, 2.05) is 72.8 Å². The Kier molecular flexibility index (Phi) is 7.98. The molecule has 5 rings (SSSR count). The molecule has 40 heavy (non-hydrogen) atoms. The first-order valence-electron chi connectivity index (χ1n) is 13.6. The lowest BCUT2D eigenvalue weighted by molar-refractivity contribution is -0.140. The van der Waals surface area contributed by atoms with Gasteiger partial charge in [-0.2, -0.15) is 0 Å². The molecule has 1 aliphatic heterocycles. The molecule has 0 saturated carbocycles. The van der Waals surface area contributed by atoms with Crippen molar-refractivity contribution in [3.8, 4) is 5.75 Å². The molecule has 8 nitrogen and oxygen atoms in total. The zero-order valence-electron chi connectivity index (χ0n) is 23.1. The van der Waals surface area contributed by atoms with E-state index in [0.717, 1.165) is 24.2 Å². The van der Waals surface area contributed by atoms with E-state index in [1.54, 1.807) is 22.4 Å². The van der Waals surface area contributed by atoms with Crippen molar-refractivity contribution in [3.63, 3.8) is 0 Å². The van der Waals surface area contributed by atoms with Crippen LogP contribution in [0, 0.1) is 6.92 Å². The number of aliphatic hydroxyl groups is 1. The van der Waals surface area contributed by atoms with E-state index in [0.29, 0.717) is 42.5 Å². The fourth-order valence-corrected chi connectivity index (χ4v) is 5.26. The quantitative estimate of drug-likeness (QED) is 0.174. The molecule has 1 unspecified atom stereocenters. The van der Waals surface area contributed by atoms with Crippen molar-refractivity contribution in [3.05, 3.63) is 107 Å². The minimum atomic E-state index is -0.743. The molecule has 1 amide bonds. The second-order valence-corrected chi connectivity index (χ2v) is 9.84. The molecule has 1 saturated heterocycles. The molecule has 1 aliphatic rings. The normalized spacial score (nSPS) is 16.8. The molecule has 4 aromatic rings. The number of ether oxygens (including phenoxy) is 1. The van der Waals surface area contributed by atoms with Crippen molar-refractivity contribution in [2.24, 2.45) is 0 Å². The summed E-state index contributed by atoms with van der Waals surface area (Å²) in [5.74, 6) is -0.870. The lowest BCUT2D eigenvalue weighted by atomic mass is 9.96. The predicted octanol–water partition coefficient (Wildman–Crippen LogP) is 4.99. The lowest BCUT2D eigenvalue weighted by Gasteiger charge is -2.28. The number of likely N-dealkylation sites (tertiary alicyclic amines) is 1. The molecular weight excluding hydrogens is 504 g/mol. The molecular formula is C32H34N4O4. The van der Waals surface area contributed by atoms with Gasteiger partial charge < -0.3 is 19.6 Å². The number of hydrogen-bond acceptors (Lipinski definition) is 6. The Morgan fingerprint density at radius 2 is 1.68 bits per heavy atom. The highest BCUT2D eigenvalue weighted by atomic mass is 16.5. The van der Waals surface area contributed by atoms with Gasteiger partial charge in [-0.3, -0.25) is 14.0 Å². The second-order valence-electron chi connectivity index (χ2n) is 9.84. The van der Waals surface area contributed by atoms with Gasteiger partial charge in [0.1, 0.15) is 23.7 Å². The maximum Gasteiger partial charge on any atom is 0.295 e. The number of Topliss-reactive ketones (excluding diaryl/α,β-unsaturated/α-hetero) is 1. The molecule has 0 spiro atoms. The topological polar surface area (TPSA) is 87.4 Å². The zero-order chi connectivity index (χ0) is 28.2. The third kappa shape index (κ3) is 5.22. The number of aryl methyl sites for hydroxylation is 1. The number of aliphatic hydroxyl groups excluding tert-OH is 1. The highest BCUT2D eigenvalue weighted by Crippen LogP contribution is 2.40. The molecule has 1 atom stereocenters. The molecule has 1 fully saturated rings. The number of likely N-dealkylation sites (N-methyl/N-ethyl adjacent to an activating group) is 1. The third-order valence-electron chi connectivity index (χ3n) is 7.46. The summed E-state index contributed by atoms with van der Waals surface area (Å²) in [6, 6.07) is 22.1. The fraction of sp³-hybridized carbons (Fsp3) is 0.281. The average molecular weight is 539 g/mol. The van der Waals surface area contributed by atoms with Crippen LogP contribution in [0.1, 0.15) is 42.4 Å². The van der Waals surface area contributed by atoms with Crippen LogP contribution in [0.5, 0.6) is 5.75 Å². The molecule has 8 heteroatoms. The van der Waals surface area contributed by atoms with Crippen molar-refractivity contribution >= 4 is 23.1 Å². The van der Waals surface area contributed by atoms with Gasteiger partial charge in [-0.15, -0.1) is 0 Å². The van der Waals surface area contributed by atoms with Gasteiger partial charge in [0, 0.05) is 19.3 Å². The summed E-state index contributed by atoms with van der Waals surface area (Å²) in [6.07, 6.45) is 1.79. The van der Waals surface area contributed by atoms with E-state index in [-0.39, 0.29) is 11.3 Å². The van der Waals surface area contributed by atoms with E-state index in [4.69, 9.17) is 4.74 Å². The molecule has 206 valence electrons. The van der Waals surface area contributed by atoms with Crippen LogP contribution in [-0.2, 0) is 16.2 Å². The van der Waals surface area contributed by atoms with E-state index >= 15 is 0 Å². The number of pyridine rings is 1. The van der Waals surface area contributed by atoms with Gasteiger partial charge in [-0.05, 0) is 55.4 Å². The van der Waals surface area contributed by atoms with Gasteiger partial charge in [-0.25, -0.2) is 4.98 Å². The number of benzene rings is 2. The number of fused-ring (bicyclic) bond motifs is 1. The number of carbonyl (C=O) groups is 2. The van der Waals surface area contributed by atoms with Crippen molar-refractivity contribution in [2.75, 3.05) is 26.2 Å². The summed E-state index contributed by atoms with van der Waals surface area (Å²) < 4.78 is 7.70. The maximum absolute atomic E-state index is 13.5. The van der Waals surface area contributed by atoms with Crippen molar-refractivity contribution in [1.29, 1.82) is 0 Å². The molecule has 0 aliphatic carbocycles. The Balaban J connectivity index is 1.54. The van der Waals surface area contributed by atoms with Crippen LogP contribution in [0.15, 0.2) is 84.6 Å². The van der Waals surface area contributed by atoms with Crippen LogP contribution in [-0.4, -0.2) is 62.2 Å². The van der Waals surface area contributed by atoms with E-state index in [9.17, 15) is 14.7 Å². The van der Waals surface area contributed by atoms with E-state index in [1.165, 1.54) is 0 Å². The highest BCUT2D eigenvalue weighted by molar-refractivity contribution is 6.46. The molecule has 2 aromatic carbocycles. The summed E-state index contributed by atoms with van der Waals surface area (Å²) in [6.45, 7) is 8.98. The Morgan fingerprint density at radius 1 is 0.975 bits per heavy atom. The number of imidazole rings is 1. The first kappa shape index (κ1) is 27.1. The zero-order valence-corrected chi connectivity index (χ0v) is 23.1. The van der Waals surface area contributed by atoms with Crippen LogP contribution < -0.4 is 4.74 Å². The summed E-state index contributed by atoms with van der Waals surface area (Å²) in [5.41, 5.74) is 3.47. The van der Waals surface area contributed by atoms with Gasteiger partial charge in [0.05, 0.1) is 17.3 Å². The second kappa shape index (κ2) is 11.8. The predicted molar refractivity (Wildman–Crippen MR) is 154 cm³/mol. The number of nitrogens with zero attached hydrogens (tertiary/aromatic N) is 4. The number of ketones is 1. The highest BCUT2D eigenvalue weighted by Gasteiger charge is 2.46. The van der Waals surface area contributed by atoms with Crippen LogP contribution >= 0.6 is 0 Å². The van der Waals surface area contributed by atoms with Gasteiger partial charge in [0.15, 0.2) is 5.76 Å². The van der Waals surface area contributed by atoms with Gasteiger partial charge in [0.25, 0.3) is 11.7 Å². The Hall–Kier alpha value is -4.43. The summed E-state index contributed by atoms with van der Waals surface area (Å²) in [7, 11) is 0. The van der Waals surface area contributed by atoms with Crippen LogP contribution in [0.25, 0.3) is 11.4 Å². The minimum Gasteiger partial charge on any atom is -0.505 e. The van der Waals surface area contributed by atoms with Gasteiger partial charge in [0.2, 0.25) is 0 Å². The molecule has 0 radical (unpaired) electrons. The van der Waals surface area contributed by atoms with Crippen LogP contribution in [0.4, 0.5) is 0 Å². The fourth-order valence-electron chi connectivity index (χ4n) is 5.26. The summed E-state index contributed by atoms with van der Waals surface area (Å²) in [5, 5.41) is 11.6. The number of amides is 1. The lowest BCUT2D eigenvalue weighted by Crippen LogP contribution is -2.38. The Bertz CT molecular complexity index is 1540. The standard InChI is InChI=1S/C32H34N4O4/c1-4-34(5-2)19-20-36-29(24-14-16-25(17-15-24)40-21-23-11-7-6-8-12-23)27(31(38)32(36)39)30(37)28-22(3)33-26-13-9-10-18-35(26)28/h6-18,29,37H,4-5,19-21H2,1-3H3/b30-27+. The number of aromatic nitrogens is 2. The van der Waals surface area contributed by atoms with Crippen molar-refractivity contribution in [2.45, 2.75) is 33.4 Å². The maximum atomic E-state index is 13.5. The molecule has 0 bridgehead atoms. The Morgan fingerprint density at radius 3 is 2.38 bits per heavy atom. The Labute approximate surface area is 234 Å². The van der Waals surface area contributed by atoms with Gasteiger partial charge in [-0.1, -0.05) is 62.4 Å². The van der Waals surface area contributed by atoms with Crippen molar-refractivity contribution < 1.29 is 19.4 Å². The van der Waals surface area contributed by atoms with E-state index in [2.05, 4.69) is 23.7 Å². The number of hydrogen-bond donors (Lipinski definition) is 1. The minimum absolute atomic E-state index is 0.0660. The van der Waals surface area contributed by atoms with Crippen LogP contribution in [0.3, 0.4) is 0 Å². The first-order chi connectivity index (χ1) is 19.4. The van der Waals surface area contributed by atoms with Gasteiger partial charge >= 0.3 is 0 Å². The van der Waals surface area contributed by atoms with Crippen LogP contribution in [0.2, 0.25) is 0 Å².